The second-order valence-electron chi connectivity index (χ2n) is 9.60. The molecule has 0 aliphatic carbocycles. The van der Waals surface area contributed by atoms with Crippen LogP contribution in [-0.2, 0) is 16.0 Å². The average Bonchev–Trinajstić information content (AvgIpc) is 3.65. The molecule has 3 aromatic rings. The highest BCUT2D eigenvalue weighted by Gasteiger charge is 2.43. The summed E-state index contributed by atoms with van der Waals surface area (Å²) in [5.74, 6) is -1.93. The molecule has 2 unspecified atom stereocenters. The molecule has 5 rings (SSSR count). The van der Waals surface area contributed by atoms with Gasteiger partial charge in [-0.3, -0.25) is 9.69 Å². The third kappa shape index (κ3) is 5.35. The molecule has 3 aromatic carbocycles. The Labute approximate surface area is 222 Å². The van der Waals surface area contributed by atoms with Crippen molar-refractivity contribution >= 4 is 21.4 Å². The van der Waals surface area contributed by atoms with Gasteiger partial charge in [0.1, 0.15) is 17.0 Å². The predicted molar refractivity (Wildman–Crippen MR) is 135 cm³/mol. The summed E-state index contributed by atoms with van der Waals surface area (Å²) in [5.41, 5.74) is -0.000910. The minimum atomic E-state index is -4.66. The maximum atomic E-state index is 14.5. The first-order chi connectivity index (χ1) is 18.4. The van der Waals surface area contributed by atoms with Crippen LogP contribution in [0.15, 0.2) is 65.6 Å². The van der Waals surface area contributed by atoms with E-state index in [-0.39, 0.29) is 42.3 Å². The second kappa shape index (κ2) is 9.91. The quantitative estimate of drug-likeness (QED) is 0.333. The van der Waals surface area contributed by atoms with Gasteiger partial charge in [0.05, 0.1) is 16.1 Å². The summed E-state index contributed by atoms with van der Waals surface area (Å²) >= 11 is 0. The summed E-state index contributed by atoms with van der Waals surface area (Å²) in [4.78, 5) is 18.4. The number of amides is 1. The van der Waals surface area contributed by atoms with Crippen molar-refractivity contribution in [2.24, 2.45) is 0 Å². The van der Waals surface area contributed by atoms with Crippen molar-refractivity contribution in [2.45, 2.75) is 16.4 Å². The Balaban J connectivity index is 1.41. The smallest absolute Gasteiger partial charge is 0.366 e. The number of benzene rings is 3. The number of hydrogen-bond acceptors (Lipinski definition) is 5. The zero-order valence-electron chi connectivity index (χ0n) is 20.8. The Morgan fingerprint density at radius 3 is 2.10 bits per heavy atom. The SMILES string of the molecule is CN1CC1S(=O)(=O)c1ccc(-c2ccc(F)cc2)c(C(=O)N2CCN(c3ccc(C(F)(F)F)cc3F)CC2)c1. The Bertz CT molecular complexity index is 1520. The van der Waals surface area contributed by atoms with Crippen molar-refractivity contribution in [3.63, 3.8) is 0 Å². The highest BCUT2D eigenvalue weighted by atomic mass is 32.2. The molecule has 0 radical (unpaired) electrons. The Hall–Kier alpha value is -3.51. The topological polar surface area (TPSA) is 60.7 Å². The van der Waals surface area contributed by atoms with Gasteiger partial charge in [0.25, 0.3) is 5.91 Å². The van der Waals surface area contributed by atoms with Crippen molar-refractivity contribution in [2.75, 3.05) is 44.7 Å². The van der Waals surface area contributed by atoms with Crippen LogP contribution < -0.4 is 4.90 Å². The van der Waals surface area contributed by atoms with E-state index < -0.39 is 44.5 Å². The van der Waals surface area contributed by atoms with Gasteiger partial charge in [0, 0.05) is 38.3 Å². The van der Waals surface area contributed by atoms with Gasteiger partial charge in [0.15, 0.2) is 9.84 Å². The molecule has 0 bridgehead atoms. The van der Waals surface area contributed by atoms with Crippen LogP contribution in [0, 0.1) is 11.6 Å². The van der Waals surface area contributed by atoms with Gasteiger partial charge >= 0.3 is 6.18 Å². The first kappa shape index (κ1) is 27.1. The van der Waals surface area contributed by atoms with Crippen LogP contribution in [-0.4, -0.2) is 69.3 Å². The summed E-state index contributed by atoms with van der Waals surface area (Å²) in [6, 6.07) is 12.1. The number of nitrogens with zero attached hydrogens (tertiary/aromatic N) is 3. The first-order valence-electron chi connectivity index (χ1n) is 12.1. The number of sulfone groups is 1. The molecule has 2 fully saturated rings. The highest BCUT2D eigenvalue weighted by molar-refractivity contribution is 7.92. The number of anilines is 1. The van der Waals surface area contributed by atoms with Crippen molar-refractivity contribution in [1.82, 2.24) is 9.80 Å². The maximum absolute atomic E-state index is 14.5. The zero-order valence-corrected chi connectivity index (χ0v) is 21.6. The van der Waals surface area contributed by atoms with Gasteiger partial charge < -0.3 is 9.80 Å². The molecule has 0 spiro atoms. The van der Waals surface area contributed by atoms with Crippen LogP contribution in [0.4, 0.5) is 27.6 Å². The van der Waals surface area contributed by atoms with Gasteiger partial charge in [-0.15, -0.1) is 0 Å². The van der Waals surface area contributed by atoms with E-state index in [2.05, 4.69) is 0 Å². The molecule has 12 heteroatoms. The van der Waals surface area contributed by atoms with E-state index in [1.54, 1.807) is 16.8 Å². The molecule has 39 heavy (non-hydrogen) atoms. The van der Waals surface area contributed by atoms with E-state index in [0.29, 0.717) is 23.7 Å². The Kier molecular flexibility index (Phi) is 6.88. The molecule has 2 aliphatic heterocycles. The molecule has 2 atom stereocenters. The highest BCUT2D eigenvalue weighted by Crippen LogP contribution is 2.34. The van der Waals surface area contributed by atoms with E-state index in [9.17, 15) is 35.2 Å². The lowest BCUT2D eigenvalue weighted by atomic mass is 9.98. The molecule has 0 aromatic heterocycles. The minimum Gasteiger partial charge on any atom is -0.366 e. The second-order valence-corrected chi connectivity index (χ2v) is 11.7. The van der Waals surface area contributed by atoms with Crippen molar-refractivity contribution < 1.29 is 35.2 Å². The first-order valence-corrected chi connectivity index (χ1v) is 13.7. The number of likely N-dealkylation sites (N-methyl/N-ethyl adjacent to an activating group) is 1. The molecule has 6 nitrogen and oxygen atoms in total. The lowest BCUT2D eigenvalue weighted by Crippen LogP contribution is -2.49. The number of alkyl halides is 3. The standard InChI is InChI=1S/C27H24F5N3O3S/c1-33-16-25(33)39(37,38)20-7-8-21(17-2-5-19(28)6-3-17)22(15-20)26(36)35-12-10-34(11-13-35)24-9-4-18(14-23(24)29)27(30,31)32/h2-9,14-15,25H,10-13,16H2,1H3. The Morgan fingerprint density at radius 1 is 0.897 bits per heavy atom. The van der Waals surface area contributed by atoms with Gasteiger partial charge in [0.2, 0.25) is 0 Å². The number of carbonyl (C=O) groups excluding carboxylic acids is 1. The van der Waals surface area contributed by atoms with E-state index >= 15 is 0 Å². The molecule has 1 amide bonds. The fraction of sp³-hybridized carbons (Fsp3) is 0.296. The van der Waals surface area contributed by atoms with Gasteiger partial charge in [-0.1, -0.05) is 18.2 Å². The van der Waals surface area contributed by atoms with Gasteiger partial charge in [-0.05, 0) is 60.6 Å². The number of carbonyl (C=O) groups is 1. The number of rotatable bonds is 5. The average molecular weight is 566 g/mol. The van der Waals surface area contributed by atoms with Crippen LogP contribution in [0.1, 0.15) is 15.9 Å². The predicted octanol–water partition coefficient (Wildman–Crippen LogP) is 4.66. The lowest BCUT2D eigenvalue weighted by molar-refractivity contribution is -0.137. The molecular formula is C27H24F5N3O3S. The van der Waals surface area contributed by atoms with Crippen molar-refractivity contribution in [3.8, 4) is 11.1 Å². The normalized spacial score (nSPS) is 19.7. The molecule has 0 saturated carbocycles. The van der Waals surface area contributed by atoms with E-state index in [0.717, 1.165) is 12.1 Å². The molecule has 2 heterocycles. The van der Waals surface area contributed by atoms with Crippen molar-refractivity contribution in [3.05, 3.63) is 83.4 Å². The van der Waals surface area contributed by atoms with Crippen LogP contribution in [0.3, 0.4) is 0 Å². The summed E-state index contributed by atoms with van der Waals surface area (Å²) < 4.78 is 92.8. The van der Waals surface area contributed by atoms with E-state index in [4.69, 9.17) is 0 Å². The van der Waals surface area contributed by atoms with Crippen LogP contribution >= 0.6 is 0 Å². The monoisotopic (exact) mass is 565 g/mol. The number of piperazine rings is 1. The van der Waals surface area contributed by atoms with Crippen LogP contribution in [0.5, 0.6) is 0 Å². The van der Waals surface area contributed by atoms with E-state index in [1.807, 2.05) is 0 Å². The van der Waals surface area contributed by atoms with Crippen LogP contribution in [0.2, 0.25) is 0 Å². The number of hydrogen-bond donors (Lipinski definition) is 0. The van der Waals surface area contributed by atoms with Gasteiger partial charge in [-0.25, -0.2) is 17.2 Å². The summed E-state index contributed by atoms with van der Waals surface area (Å²) in [6.45, 7) is 0.957. The number of halogens is 5. The largest absolute Gasteiger partial charge is 0.416 e. The zero-order chi connectivity index (χ0) is 28.1. The minimum absolute atomic E-state index is 0.00322. The molecule has 206 valence electrons. The lowest BCUT2D eigenvalue weighted by Gasteiger charge is -2.36. The van der Waals surface area contributed by atoms with Gasteiger partial charge in [-0.2, -0.15) is 13.2 Å². The van der Waals surface area contributed by atoms with Crippen molar-refractivity contribution in [1.29, 1.82) is 0 Å². The third-order valence-corrected chi connectivity index (χ3v) is 9.18. The molecule has 2 saturated heterocycles. The fourth-order valence-corrected chi connectivity index (χ4v) is 6.47. The molecular weight excluding hydrogens is 541 g/mol. The summed E-state index contributed by atoms with van der Waals surface area (Å²) in [5, 5.41) is -0.667. The third-order valence-electron chi connectivity index (χ3n) is 7.05. The molecule has 0 N–H and O–H groups in total. The fourth-order valence-electron chi connectivity index (χ4n) is 4.71. The summed E-state index contributed by atoms with van der Waals surface area (Å²) in [6.07, 6.45) is -4.66. The maximum Gasteiger partial charge on any atom is 0.416 e. The van der Waals surface area contributed by atoms with E-state index in [1.165, 1.54) is 47.4 Å². The molecule has 2 aliphatic rings. The Morgan fingerprint density at radius 2 is 1.54 bits per heavy atom. The van der Waals surface area contributed by atoms with Crippen LogP contribution in [0.25, 0.3) is 11.1 Å². The summed E-state index contributed by atoms with van der Waals surface area (Å²) in [7, 11) is -2.03.